The number of hydrogen-bond acceptors (Lipinski definition) is 3. The molecular formula is C13H13Cl2FN2S. The van der Waals surface area contributed by atoms with Crippen molar-refractivity contribution in [2.45, 2.75) is 26.2 Å². The van der Waals surface area contributed by atoms with Crippen molar-refractivity contribution in [2.24, 2.45) is 0 Å². The normalized spacial score (nSPS) is 10.9. The van der Waals surface area contributed by atoms with Gasteiger partial charge in [0, 0.05) is 21.3 Å². The fourth-order valence-corrected chi connectivity index (χ4v) is 3.36. The van der Waals surface area contributed by atoms with Crippen LogP contribution in [0.4, 0.5) is 9.52 Å². The minimum Gasteiger partial charge on any atom is -0.375 e. The molecule has 6 heteroatoms. The summed E-state index contributed by atoms with van der Waals surface area (Å²) in [6.45, 7) is 2.08. The van der Waals surface area contributed by atoms with Crippen molar-refractivity contribution in [3.8, 4) is 0 Å². The molecule has 0 atom stereocenters. The summed E-state index contributed by atoms with van der Waals surface area (Å²) in [4.78, 5) is 5.35. The quantitative estimate of drug-likeness (QED) is 0.886. The lowest BCUT2D eigenvalue weighted by atomic mass is 10.1. The van der Waals surface area contributed by atoms with Crippen LogP contribution in [0.5, 0.6) is 0 Å². The Hall–Kier alpha value is -0.840. The fourth-order valence-electron chi connectivity index (χ4n) is 1.88. The minimum absolute atomic E-state index is 0.333. The van der Waals surface area contributed by atoms with E-state index in [0.29, 0.717) is 27.2 Å². The van der Waals surface area contributed by atoms with Crippen LogP contribution in [-0.4, -0.2) is 4.98 Å². The van der Waals surface area contributed by atoms with Crippen molar-refractivity contribution in [3.05, 3.63) is 44.1 Å². The van der Waals surface area contributed by atoms with E-state index >= 15 is 0 Å². The molecule has 0 saturated carbocycles. The highest BCUT2D eigenvalue weighted by atomic mass is 35.5. The third-order valence-electron chi connectivity index (χ3n) is 2.72. The predicted molar refractivity (Wildman–Crippen MR) is 79.7 cm³/mol. The maximum absolute atomic E-state index is 13.2. The van der Waals surface area contributed by atoms with Crippen LogP contribution in [0.15, 0.2) is 12.1 Å². The number of halogens is 3. The van der Waals surface area contributed by atoms with Gasteiger partial charge in [-0.2, -0.15) is 0 Å². The van der Waals surface area contributed by atoms with Gasteiger partial charge in [0.15, 0.2) is 5.13 Å². The van der Waals surface area contributed by atoms with Crippen LogP contribution in [0, 0.1) is 5.82 Å². The number of nitrogen functional groups attached to an aromatic ring is 1. The van der Waals surface area contributed by atoms with Gasteiger partial charge in [-0.3, -0.25) is 0 Å². The maximum Gasteiger partial charge on any atom is 0.180 e. The van der Waals surface area contributed by atoms with Crippen molar-refractivity contribution < 1.29 is 4.39 Å². The van der Waals surface area contributed by atoms with Gasteiger partial charge in [-0.15, -0.1) is 11.3 Å². The molecule has 0 aliphatic carbocycles. The molecule has 2 rings (SSSR count). The largest absolute Gasteiger partial charge is 0.375 e. The Kier molecular flexibility index (Phi) is 4.66. The molecule has 2 nitrogen and oxygen atoms in total. The van der Waals surface area contributed by atoms with Gasteiger partial charge in [-0.25, -0.2) is 9.37 Å². The van der Waals surface area contributed by atoms with Gasteiger partial charge in [0.2, 0.25) is 0 Å². The zero-order valence-electron chi connectivity index (χ0n) is 10.3. The lowest BCUT2D eigenvalue weighted by molar-refractivity contribution is 0.627. The smallest absolute Gasteiger partial charge is 0.180 e. The number of thiazole rings is 1. The van der Waals surface area contributed by atoms with Gasteiger partial charge in [0.25, 0.3) is 0 Å². The molecule has 0 fully saturated rings. The van der Waals surface area contributed by atoms with E-state index < -0.39 is 5.82 Å². The van der Waals surface area contributed by atoms with E-state index in [2.05, 4.69) is 11.9 Å². The Balaban J connectivity index is 2.36. The molecule has 1 heterocycles. The highest BCUT2D eigenvalue weighted by Gasteiger charge is 2.14. The van der Waals surface area contributed by atoms with Gasteiger partial charge in [-0.05, 0) is 24.1 Å². The van der Waals surface area contributed by atoms with Crippen LogP contribution in [0.3, 0.4) is 0 Å². The van der Waals surface area contributed by atoms with E-state index in [1.165, 1.54) is 23.5 Å². The van der Waals surface area contributed by atoms with Crippen LogP contribution in [0.25, 0.3) is 0 Å². The Morgan fingerprint density at radius 1 is 1.32 bits per heavy atom. The molecule has 2 N–H and O–H groups in total. The number of benzene rings is 1. The van der Waals surface area contributed by atoms with E-state index in [9.17, 15) is 4.39 Å². The number of aryl methyl sites for hydroxylation is 1. The summed E-state index contributed by atoms with van der Waals surface area (Å²) >= 11 is 13.5. The van der Waals surface area contributed by atoms with Gasteiger partial charge in [0.05, 0.1) is 5.69 Å². The van der Waals surface area contributed by atoms with E-state index in [4.69, 9.17) is 28.9 Å². The number of rotatable bonds is 4. The molecule has 1 aromatic carbocycles. The van der Waals surface area contributed by atoms with Crippen LogP contribution >= 0.6 is 34.5 Å². The van der Waals surface area contributed by atoms with Crippen LogP contribution in [0.1, 0.15) is 29.5 Å². The molecule has 19 heavy (non-hydrogen) atoms. The summed E-state index contributed by atoms with van der Waals surface area (Å²) in [5.41, 5.74) is 7.43. The Bertz CT molecular complexity index is 575. The van der Waals surface area contributed by atoms with Gasteiger partial charge >= 0.3 is 0 Å². The fraction of sp³-hybridized carbons (Fsp3) is 0.308. The second-order valence-electron chi connectivity index (χ2n) is 4.20. The number of nitrogens with two attached hydrogens (primary N) is 1. The Morgan fingerprint density at radius 3 is 2.53 bits per heavy atom. The van der Waals surface area contributed by atoms with Gasteiger partial charge in [-0.1, -0.05) is 36.5 Å². The Labute approximate surface area is 125 Å². The minimum atomic E-state index is -0.434. The number of hydrogen-bond donors (Lipinski definition) is 1. The second-order valence-corrected chi connectivity index (χ2v) is 6.13. The highest BCUT2D eigenvalue weighted by Crippen LogP contribution is 2.32. The van der Waals surface area contributed by atoms with E-state index in [1.54, 1.807) is 0 Å². The number of anilines is 1. The third kappa shape index (κ3) is 3.38. The van der Waals surface area contributed by atoms with Crippen LogP contribution in [-0.2, 0) is 12.8 Å². The number of nitrogens with zero attached hydrogens (tertiary/aromatic N) is 1. The molecule has 0 radical (unpaired) electrons. The summed E-state index contributed by atoms with van der Waals surface area (Å²) in [7, 11) is 0. The third-order valence-corrected chi connectivity index (χ3v) is 4.33. The van der Waals surface area contributed by atoms with Crippen LogP contribution in [0.2, 0.25) is 10.0 Å². The average molecular weight is 319 g/mol. The molecule has 1 aromatic heterocycles. The summed E-state index contributed by atoms with van der Waals surface area (Å²) in [5, 5.41) is 1.20. The van der Waals surface area contributed by atoms with Gasteiger partial charge in [0.1, 0.15) is 5.82 Å². The van der Waals surface area contributed by atoms with Crippen LogP contribution < -0.4 is 5.73 Å². The molecule has 0 unspecified atom stereocenters. The first-order valence-electron chi connectivity index (χ1n) is 5.88. The molecule has 0 aliphatic rings. The zero-order chi connectivity index (χ0) is 14.0. The monoisotopic (exact) mass is 318 g/mol. The van der Waals surface area contributed by atoms with Crippen molar-refractivity contribution in [1.82, 2.24) is 4.98 Å². The molecule has 0 spiro atoms. The van der Waals surface area contributed by atoms with Crippen molar-refractivity contribution in [2.75, 3.05) is 5.73 Å². The van der Waals surface area contributed by atoms with Gasteiger partial charge < -0.3 is 5.73 Å². The molecule has 0 amide bonds. The maximum atomic E-state index is 13.2. The summed E-state index contributed by atoms with van der Waals surface area (Å²) in [6.07, 6.45) is 2.38. The van der Waals surface area contributed by atoms with Crippen molar-refractivity contribution >= 4 is 39.7 Å². The molecular weight excluding hydrogens is 306 g/mol. The first-order chi connectivity index (χ1) is 9.01. The summed E-state index contributed by atoms with van der Waals surface area (Å²) in [6, 6.07) is 2.54. The lowest BCUT2D eigenvalue weighted by Crippen LogP contribution is -1.95. The number of aromatic nitrogens is 1. The van der Waals surface area contributed by atoms with Crippen molar-refractivity contribution in [3.63, 3.8) is 0 Å². The molecule has 0 aliphatic heterocycles. The molecule has 102 valence electrons. The van der Waals surface area contributed by atoms with E-state index in [1.807, 2.05) is 0 Å². The first kappa shape index (κ1) is 14.6. The molecule has 0 bridgehead atoms. The summed E-state index contributed by atoms with van der Waals surface area (Å²) in [5.74, 6) is -0.434. The predicted octanol–water partition coefficient (Wildman–Crippen LogP) is 4.71. The lowest BCUT2D eigenvalue weighted by Gasteiger charge is -2.07. The molecule has 2 aromatic rings. The molecule has 0 saturated heterocycles. The zero-order valence-corrected chi connectivity index (χ0v) is 12.7. The topological polar surface area (TPSA) is 38.9 Å². The SMILES string of the molecule is CCCc1nc(N)sc1Cc1c(Cl)cc(F)cc1Cl. The van der Waals surface area contributed by atoms with E-state index in [0.717, 1.165) is 23.4 Å². The van der Waals surface area contributed by atoms with Crippen molar-refractivity contribution in [1.29, 1.82) is 0 Å². The Morgan fingerprint density at radius 2 is 1.95 bits per heavy atom. The standard InChI is InChI=1S/C13H13Cl2FN2S/c1-2-3-11-12(19-13(17)18-11)6-8-9(14)4-7(16)5-10(8)15/h4-5H,2-3,6H2,1H3,(H2,17,18). The average Bonchev–Trinajstić information content (AvgIpc) is 2.64. The highest BCUT2D eigenvalue weighted by molar-refractivity contribution is 7.15. The first-order valence-corrected chi connectivity index (χ1v) is 7.46. The van der Waals surface area contributed by atoms with E-state index in [-0.39, 0.29) is 0 Å². The summed E-state index contributed by atoms with van der Waals surface area (Å²) < 4.78 is 13.2. The second kappa shape index (κ2) is 6.07.